The number of phenolic OH excluding ortho intramolecular Hbond substituents is 1. The van der Waals surface area contributed by atoms with Crippen LogP contribution in [0.15, 0.2) is 23.1 Å². The molecule has 0 aliphatic carbocycles. The van der Waals surface area contributed by atoms with Crippen LogP contribution in [0.2, 0.25) is 0 Å². The summed E-state index contributed by atoms with van der Waals surface area (Å²) < 4.78 is 63.2. The van der Waals surface area contributed by atoms with E-state index in [2.05, 4.69) is 0 Å². The quantitative estimate of drug-likeness (QED) is 0.786. The van der Waals surface area contributed by atoms with Gasteiger partial charge in [0.25, 0.3) is 0 Å². The highest BCUT2D eigenvalue weighted by atomic mass is 32.5. The molecule has 1 heterocycles. The summed E-state index contributed by atoms with van der Waals surface area (Å²) in [5.74, 6) is -0.874. The molecular weight excluding hydrogens is 333 g/mol. The monoisotopic (exact) mass is 347 g/mol. The Balaban J connectivity index is 2.21. The van der Waals surface area contributed by atoms with Crippen molar-refractivity contribution in [3.05, 3.63) is 23.8 Å². The van der Waals surface area contributed by atoms with Crippen LogP contribution in [0.3, 0.4) is 0 Å². The van der Waals surface area contributed by atoms with E-state index in [0.717, 1.165) is 11.0 Å². The van der Waals surface area contributed by atoms with Crippen LogP contribution < -0.4 is 0 Å². The van der Waals surface area contributed by atoms with Crippen molar-refractivity contribution in [1.82, 2.24) is 4.90 Å². The van der Waals surface area contributed by atoms with Gasteiger partial charge in [-0.05, 0) is 18.1 Å². The molecule has 0 bridgehead atoms. The Morgan fingerprint density at radius 1 is 1.27 bits per heavy atom. The second-order valence-electron chi connectivity index (χ2n) is 5.89. The molecule has 2 rings (SSSR count). The molecule has 1 aliphatic heterocycles. The van der Waals surface area contributed by atoms with Gasteiger partial charge in [0.15, 0.2) is 0 Å². The summed E-state index contributed by atoms with van der Waals surface area (Å²) in [4.78, 5) is 9.65. The predicted octanol–water partition coefficient (Wildman–Crippen LogP) is 4.59. The van der Waals surface area contributed by atoms with Crippen molar-refractivity contribution in [1.29, 1.82) is 0 Å². The van der Waals surface area contributed by atoms with E-state index in [4.69, 9.17) is 5.11 Å². The van der Waals surface area contributed by atoms with Gasteiger partial charge in [0.05, 0.1) is 0 Å². The van der Waals surface area contributed by atoms with Crippen LogP contribution in [0.4, 0.5) is 24.2 Å². The first-order valence-electron chi connectivity index (χ1n) is 6.14. The third kappa shape index (κ3) is 3.37. The Bertz CT molecular complexity index is 640. The van der Waals surface area contributed by atoms with Crippen molar-refractivity contribution in [2.75, 3.05) is 13.1 Å². The molecule has 0 aromatic heterocycles. The number of hydrogen-bond donors (Lipinski definition) is 2. The van der Waals surface area contributed by atoms with Gasteiger partial charge in [-0.1, -0.05) is 32.4 Å². The second kappa shape index (κ2) is 3.98. The number of amides is 1. The van der Waals surface area contributed by atoms with Crippen molar-refractivity contribution in [3.8, 4) is 5.75 Å². The molecule has 0 saturated carbocycles. The lowest BCUT2D eigenvalue weighted by Crippen LogP contribution is -2.57. The summed E-state index contributed by atoms with van der Waals surface area (Å²) in [5, 5.41) is 18.3. The van der Waals surface area contributed by atoms with Crippen molar-refractivity contribution in [2.45, 2.75) is 18.2 Å². The lowest BCUT2D eigenvalue weighted by molar-refractivity contribution is 0.0229. The lowest BCUT2D eigenvalue weighted by Gasteiger charge is -2.46. The van der Waals surface area contributed by atoms with E-state index < -0.39 is 32.4 Å². The first-order chi connectivity index (χ1) is 9.59. The van der Waals surface area contributed by atoms with E-state index in [-0.39, 0.29) is 37.2 Å². The minimum absolute atomic E-state index is 0.0217. The molecule has 1 fully saturated rings. The Kier molecular flexibility index (Phi) is 3.01. The zero-order valence-corrected chi connectivity index (χ0v) is 12.2. The molecule has 0 radical (unpaired) electrons. The van der Waals surface area contributed by atoms with Crippen molar-refractivity contribution in [2.24, 2.45) is 5.41 Å². The number of rotatable bonds is 3. The zero-order chi connectivity index (χ0) is 17.0. The average Bonchev–Trinajstić information content (AvgIpc) is 2.25. The second-order valence-corrected chi connectivity index (χ2v) is 8.29. The minimum Gasteiger partial charge on any atom is -0.508 e. The molecule has 0 unspecified atom stereocenters. The van der Waals surface area contributed by atoms with Crippen LogP contribution >= 0.6 is 10.2 Å². The van der Waals surface area contributed by atoms with Gasteiger partial charge in [-0.3, -0.25) is 0 Å². The first kappa shape index (κ1) is 16.7. The van der Waals surface area contributed by atoms with Gasteiger partial charge < -0.3 is 15.1 Å². The number of carbonyl (C=O) groups is 1. The lowest BCUT2D eigenvalue weighted by atomic mass is 9.77. The topological polar surface area (TPSA) is 60.8 Å². The van der Waals surface area contributed by atoms with Crippen molar-refractivity contribution in [3.63, 3.8) is 0 Å². The number of likely N-dealkylation sites (tertiary alicyclic amines) is 1. The minimum atomic E-state index is -9.82. The molecule has 0 spiro atoms. The maximum absolute atomic E-state index is 12.6. The fourth-order valence-electron chi connectivity index (χ4n) is 2.52. The molecule has 1 aromatic rings. The Labute approximate surface area is 122 Å². The largest absolute Gasteiger partial charge is 0.508 e. The molecule has 2 N–H and O–H groups in total. The van der Waals surface area contributed by atoms with E-state index in [1.165, 1.54) is 0 Å². The molecule has 1 saturated heterocycles. The van der Waals surface area contributed by atoms with Gasteiger partial charge in [0.1, 0.15) is 10.6 Å². The number of hydrogen-bond acceptors (Lipinski definition) is 2. The summed E-state index contributed by atoms with van der Waals surface area (Å²) in [6.07, 6.45) is -1.03. The van der Waals surface area contributed by atoms with E-state index >= 15 is 0 Å². The van der Waals surface area contributed by atoms with Gasteiger partial charge >= 0.3 is 16.3 Å². The number of aromatic hydroxyl groups is 1. The van der Waals surface area contributed by atoms with E-state index in [9.17, 15) is 29.3 Å². The Hall–Kier alpha value is -1.71. The maximum Gasteiger partial charge on any atom is 0.407 e. The summed E-state index contributed by atoms with van der Waals surface area (Å²) in [6, 6.07) is 1.07. The van der Waals surface area contributed by atoms with Gasteiger partial charge in [-0.25, -0.2) is 4.79 Å². The van der Waals surface area contributed by atoms with Crippen LogP contribution in [-0.2, 0) is 6.42 Å². The molecule has 1 amide bonds. The van der Waals surface area contributed by atoms with E-state index in [1.807, 2.05) is 0 Å². The molecule has 1 aromatic carbocycles. The highest BCUT2D eigenvalue weighted by Crippen LogP contribution is 3.02. The molecular formula is C12H14F5NO3S. The molecule has 0 atom stereocenters. The molecule has 22 heavy (non-hydrogen) atoms. The fraction of sp³-hybridized carbons (Fsp3) is 0.417. The third-order valence-corrected chi connectivity index (χ3v) is 4.68. The van der Waals surface area contributed by atoms with Crippen LogP contribution in [0, 0.1) is 5.41 Å². The molecule has 126 valence electrons. The standard InChI is InChI=1S/C12H14F5NO3S/c1-12(6-18(7-12)11(20)21)5-8-2-3-9(4-10(8)19)22(13,14,15,16)17/h2-4,19H,5-7H2,1H3,(H,20,21). The Morgan fingerprint density at radius 3 is 2.23 bits per heavy atom. The summed E-state index contributed by atoms with van der Waals surface area (Å²) in [7, 11) is -9.82. The summed E-state index contributed by atoms with van der Waals surface area (Å²) in [6.45, 7) is 2.01. The van der Waals surface area contributed by atoms with Gasteiger partial charge in [0.2, 0.25) is 0 Å². The normalized spacial score (nSPS) is 20.7. The fourth-order valence-corrected chi connectivity index (χ4v) is 3.17. The maximum atomic E-state index is 12.6. The first-order valence-corrected chi connectivity index (χ1v) is 8.09. The van der Waals surface area contributed by atoms with Crippen LogP contribution in [0.5, 0.6) is 5.75 Å². The Morgan fingerprint density at radius 2 is 1.82 bits per heavy atom. The van der Waals surface area contributed by atoms with Crippen molar-refractivity contribution >= 4 is 16.3 Å². The van der Waals surface area contributed by atoms with E-state index in [0.29, 0.717) is 0 Å². The predicted molar refractivity (Wildman–Crippen MR) is 70.9 cm³/mol. The highest BCUT2D eigenvalue weighted by Gasteiger charge is 2.65. The smallest absolute Gasteiger partial charge is 0.407 e. The van der Waals surface area contributed by atoms with Gasteiger partial charge in [0, 0.05) is 24.6 Å². The molecule has 1 aliphatic rings. The van der Waals surface area contributed by atoms with E-state index in [1.54, 1.807) is 6.92 Å². The average molecular weight is 347 g/mol. The molecule has 10 heteroatoms. The number of carboxylic acid groups (broad SMARTS) is 1. The molecule has 4 nitrogen and oxygen atoms in total. The van der Waals surface area contributed by atoms with Gasteiger partial charge in [-0.15, -0.1) is 0 Å². The number of halogens is 5. The number of benzene rings is 1. The van der Waals surface area contributed by atoms with Gasteiger partial charge in [-0.2, -0.15) is 0 Å². The SMILES string of the molecule is CC1(Cc2ccc(S(F)(F)(F)(F)F)cc2O)CN(C(=O)O)C1. The van der Waals surface area contributed by atoms with Crippen LogP contribution in [0.25, 0.3) is 0 Å². The zero-order valence-electron chi connectivity index (χ0n) is 11.4. The van der Waals surface area contributed by atoms with Crippen LogP contribution in [-0.4, -0.2) is 34.3 Å². The van der Waals surface area contributed by atoms with Crippen LogP contribution in [0.1, 0.15) is 12.5 Å². The third-order valence-electron chi connectivity index (χ3n) is 3.54. The van der Waals surface area contributed by atoms with Crippen molar-refractivity contribution < 1.29 is 34.4 Å². The number of nitrogens with zero attached hydrogens (tertiary/aromatic N) is 1. The number of phenols is 1. The highest BCUT2D eigenvalue weighted by molar-refractivity contribution is 8.45. The summed E-state index contributed by atoms with van der Waals surface area (Å²) in [5.41, 5.74) is -0.482. The summed E-state index contributed by atoms with van der Waals surface area (Å²) >= 11 is 0.